The molecule has 0 unspecified atom stereocenters. The number of benzene rings is 1. The van der Waals surface area contributed by atoms with Gasteiger partial charge in [-0.2, -0.15) is 0 Å². The van der Waals surface area contributed by atoms with E-state index >= 15 is 0 Å². The zero-order valence-electron chi connectivity index (χ0n) is 11.3. The van der Waals surface area contributed by atoms with Gasteiger partial charge in [0.25, 0.3) is 0 Å². The third-order valence-corrected chi connectivity index (χ3v) is 3.88. The highest BCUT2D eigenvalue weighted by atomic mass is 35.5. The molecule has 20 heavy (non-hydrogen) atoms. The quantitative estimate of drug-likeness (QED) is 0.898. The second-order valence-corrected chi connectivity index (χ2v) is 5.72. The number of nitrogens with one attached hydrogen (secondary N) is 2. The predicted octanol–water partition coefficient (Wildman–Crippen LogP) is 4.07. The number of methoxy groups -OCH3 is 1. The molecule has 0 radical (unpaired) electrons. The van der Waals surface area contributed by atoms with Crippen molar-refractivity contribution < 1.29 is 9.53 Å². The highest BCUT2D eigenvalue weighted by molar-refractivity contribution is 7.15. The Morgan fingerprint density at radius 3 is 2.70 bits per heavy atom. The van der Waals surface area contributed by atoms with E-state index in [2.05, 4.69) is 15.6 Å². The molecule has 5 nitrogen and oxygen atoms in total. The third-order valence-electron chi connectivity index (χ3n) is 2.66. The van der Waals surface area contributed by atoms with Gasteiger partial charge in [0.15, 0.2) is 5.13 Å². The van der Waals surface area contributed by atoms with Gasteiger partial charge in [-0.1, -0.05) is 11.6 Å². The number of urea groups is 1. The largest absolute Gasteiger partial charge is 0.495 e. The minimum absolute atomic E-state index is 0.390. The van der Waals surface area contributed by atoms with Crippen LogP contribution in [0.2, 0.25) is 5.02 Å². The maximum absolute atomic E-state index is 11.9. The molecule has 0 aliphatic carbocycles. The summed E-state index contributed by atoms with van der Waals surface area (Å²) in [5.74, 6) is 0.538. The molecule has 1 aromatic carbocycles. The third kappa shape index (κ3) is 3.40. The Hall–Kier alpha value is -1.79. The lowest BCUT2D eigenvalue weighted by molar-refractivity contribution is 0.262. The average molecular weight is 312 g/mol. The number of nitrogens with zero attached hydrogens (tertiary/aromatic N) is 1. The van der Waals surface area contributed by atoms with Crippen molar-refractivity contribution in [3.05, 3.63) is 33.8 Å². The van der Waals surface area contributed by atoms with Crippen LogP contribution in [0.4, 0.5) is 15.6 Å². The van der Waals surface area contributed by atoms with Crippen molar-refractivity contribution in [2.45, 2.75) is 13.8 Å². The van der Waals surface area contributed by atoms with Gasteiger partial charge >= 0.3 is 6.03 Å². The van der Waals surface area contributed by atoms with Crippen LogP contribution in [-0.4, -0.2) is 18.1 Å². The first-order valence-electron chi connectivity index (χ1n) is 5.85. The second kappa shape index (κ2) is 6.11. The molecule has 0 spiro atoms. The van der Waals surface area contributed by atoms with Gasteiger partial charge in [-0.25, -0.2) is 9.78 Å². The van der Waals surface area contributed by atoms with Crippen molar-refractivity contribution in [3.8, 4) is 5.75 Å². The summed E-state index contributed by atoms with van der Waals surface area (Å²) in [5.41, 5.74) is 1.41. The maximum Gasteiger partial charge on any atom is 0.325 e. The Kier molecular flexibility index (Phi) is 4.46. The molecule has 0 saturated heterocycles. The van der Waals surface area contributed by atoms with Gasteiger partial charge in [0.2, 0.25) is 0 Å². The zero-order chi connectivity index (χ0) is 14.7. The minimum atomic E-state index is -0.390. The van der Waals surface area contributed by atoms with Gasteiger partial charge in [0.05, 0.1) is 18.5 Å². The molecule has 1 heterocycles. The standard InChI is InChI=1S/C13H14ClN3O2S/c1-7-8(2)20-13(15-7)17-12(18)16-10-6-9(14)4-5-11(10)19-3/h4-6H,1-3H3,(H2,15,16,17,18). The maximum atomic E-state index is 11.9. The van der Waals surface area contributed by atoms with Crippen LogP contribution in [0.3, 0.4) is 0 Å². The van der Waals surface area contributed by atoms with E-state index in [-0.39, 0.29) is 6.03 Å². The molecular weight excluding hydrogens is 298 g/mol. The highest BCUT2D eigenvalue weighted by Gasteiger charge is 2.11. The number of aromatic nitrogens is 1. The van der Waals surface area contributed by atoms with Gasteiger partial charge < -0.3 is 10.1 Å². The second-order valence-electron chi connectivity index (χ2n) is 4.08. The van der Waals surface area contributed by atoms with E-state index < -0.39 is 0 Å². The molecule has 2 rings (SSSR count). The fraction of sp³-hybridized carbons (Fsp3) is 0.231. The summed E-state index contributed by atoms with van der Waals surface area (Å²) in [6.45, 7) is 3.85. The summed E-state index contributed by atoms with van der Waals surface area (Å²) in [5, 5.41) is 6.44. The Labute approximate surface area is 125 Å². The van der Waals surface area contributed by atoms with E-state index in [1.54, 1.807) is 18.2 Å². The molecule has 2 N–H and O–H groups in total. The van der Waals surface area contributed by atoms with E-state index in [0.717, 1.165) is 10.6 Å². The van der Waals surface area contributed by atoms with Crippen LogP contribution >= 0.6 is 22.9 Å². The summed E-state index contributed by atoms with van der Waals surface area (Å²) in [4.78, 5) is 17.2. The van der Waals surface area contributed by atoms with Crippen molar-refractivity contribution in [1.29, 1.82) is 0 Å². The van der Waals surface area contributed by atoms with E-state index in [4.69, 9.17) is 16.3 Å². The smallest absolute Gasteiger partial charge is 0.325 e. The molecule has 0 fully saturated rings. The van der Waals surface area contributed by atoms with Crippen LogP contribution in [0.5, 0.6) is 5.75 Å². The molecule has 1 aromatic heterocycles. The Morgan fingerprint density at radius 2 is 2.10 bits per heavy atom. The average Bonchev–Trinajstić information content (AvgIpc) is 2.68. The number of aryl methyl sites for hydroxylation is 2. The van der Waals surface area contributed by atoms with Gasteiger partial charge in [-0.15, -0.1) is 11.3 Å². The van der Waals surface area contributed by atoms with Crippen molar-refractivity contribution in [1.82, 2.24) is 4.98 Å². The zero-order valence-corrected chi connectivity index (χ0v) is 12.9. The fourth-order valence-electron chi connectivity index (χ4n) is 1.55. The first-order valence-corrected chi connectivity index (χ1v) is 7.04. The number of hydrogen-bond donors (Lipinski definition) is 2. The van der Waals surface area contributed by atoms with E-state index in [0.29, 0.717) is 21.6 Å². The Morgan fingerprint density at radius 1 is 1.35 bits per heavy atom. The lowest BCUT2D eigenvalue weighted by Gasteiger charge is -2.10. The number of thiazole rings is 1. The first kappa shape index (κ1) is 14.6. The summed E-state index contributed by atoms with van der Waals surface area (Å²) < 4.78 is 5.16. The van der Waals surface area contributed by atoms with Gasteiger partial charge in [0.1, 0.15) is 5.75 Å². The molecule has 0 saturated carbocycles. The van der Waals surface area contributed by atoms with Gasteiger partial charge in [-0.3, -0.25) is 5.32 Å². The van der Waals surface area contributed by atoms with Crippen LogP contribution in [0.25, 0.3) is 0 Å². The van der Waals surface area contributed by atoms with Crippen LogP contribution in [0, 0.1) is 13.8 Å². The van der Waals surface area contributed by atoms with Gasteiger partial charge in [-0.05, 0) is 32.0 Å². The molecule has 0 bridgehead atoms. The number of ether oxygens (including phenoxy) is 1. The van der Waals surface area contributed by atoms with Gasteiger partial charge in [0, 0.05) is 9.90 Å². The number of amides is 2. The van der Waals surface area contributed by atoms with Crippen molar-refractivity contribution >= 4 is 39.8 Å². The molecule has 106 valence electrons. The van der Waals surface area contributed by atoms with Crippen LogP contribution in [0.15, 0.2) is 18.2 Å². The van der Waals surface area contributed by atoms with E-state index in [1.165, 1.54) is 18.4 Å². The molecule has 0 aliphatic rings. The number of rotatable bonds is 3. The van der Waals surface area contributed by atoms with Crippen molar-refractivity contribution in [2.24, 2.45) is 0 Å². The fourth-order valence-corrected chi connectivity index (χ4v) is 2.54. The number of anilines is 2. The van der Waals surface area contributed by atoms with Crippen molar-refractivity contribution in [3.63, 3.8) is 0 Å². The highest BCUT2D eigenvalue weighted by Crippen LogP contribution is 2.28. The lowest BCUT2D eigenvalue weighted by atomic mass is 10.3. The van der Waals surface area contributed by atoms with Crippen LogP contribution < -0.4 is 15.4 Å². The molecule has 7 heteroatoms. The Balaban J connectivity index is 2.10. The van der Waals surface area contributed by atoms with Crippen molar-refractivity contribution in [2.75, 3.05) is 17.7 Å². The number of carbonyl (C=O) groups excluding carboxylic acids is 1. The minimum Gasteiger partial charge on any atom is -0.495 e. The van der Waals surface area contributed by atoms with Crippen LogP contribution in [0.1, 0.15) is 10.6 Å². The SMILES string of the molecule is COc1ccc(Cl)cc1NC(=O)Nc1nc(C)c(C)s1. The number of hydrogen-bond acceptors (Lipinski definition) is 4. The first-order chi connectivity index (χ1) is 9.49. The van der Waals surface area contributed by atoms with E-state index in [9.17, 15) is 4.79 Å². The Bertz CT molecular complexity index is 623. The molecule has 0 atom stereocenters. The lowest BCUT2D eigenvalue weighted by Crippen LogP contribution is -2.19. The summed E-state index contributed by atoms with van der Waals surface area (Å²) in [7, 11) is 1.53. The monoisotopic (exact) mass is 311 g/mol. The number of halogens is 1. The molecule has 0 aliphatic heterocycles. The topological polar surface area (TPSA) is 63.2 Å². The predicted molar refractivity (Wildman–Crippen MR) is 82.2 cm³/mol. The van der Waals surface area contributed by atoms with E-state index in [1.807, 2.05) is 13.8 Å². The molecule has 2 aromatic rings. The normalized spacial score (nSPS) is 10.2. The summed E-state index contributed by atoms with van der Waals surface area (Å²) in [6.07, 6.45) is 0. The number of carbonyl (C=O) groups is 1. The van der Waals surface area contributed by atoms with Crippen LogP contribution in [-0.2, 0) is 0 Å². The summed E-state index contributed by atoms with van der Waals surface area (Å²) >= 11 is 7.33. The molecule has 2 amide bonds. The molecular formula is C13H14ClN3O2S. The summed E-state index contributed by atoms with van der Waals surface area (Å²) in [6, 6.07) is 4.62.